The lowest BCUT2D eigenvalue weighted by Gasteiger charge is -2.22. The van der Waals surface area contributed by atoms with Crippen molar-refractivity contribution in [1.29, 1.82) is 0 Å². The molecule has 0 aliphatic heterocycles. The molecule has 1 amide bonds. The molecule has 0 bridgehead atoms. The van der Waals surface area contributed by atoms with E-state index < -0.39 is 0 Å². The molecule has 0 saturated heterocycles. The van der Waals surface area contributed by atoms with Crippen LogP contribution < -0.4 is 0 Å². The average Bonchev–Trinajstić information content (AvgIpc) is 3.03. The van der Waals surface area contributed by atoms with Crippen molar-refractivity contribution in [2.75, 3.05) is 27.2 Å². The lowest BCUT2D eigenvalue weighted by molar-refractivity contribution is 0.0685. The minimum Gasteiger partial charge on any atom is -0.467 e. The Morgan fingerprint density at radius 2 is 2.05 bits per heavy atom. The molecule has 0 unspecified atom stereocenters. The third-order valence-corrected chi connectivity index (χ3v) is 3.13. The van der Waals surface area contributed by atoms with Crippen LogP contribution in [0.1, 0.15) is 27.9 Å². The number of aromatic nitrogens is 1. The second-order valence-corrected chi connectivity index (χ2v) is 5.26. The van der Waals surface area contributed by atoms with Gasteiger partial charge in [0.1, 0.15) is 5.76 Å². The molecule has 0 aromatic carbocycles. The summed E-state index contributed by atoms with van der Waals surface area (Å²) in [6.45, 7) is 5.28. The highest BCUT2D eigenvalue weighted by atomic mass is 16.4. The molecule has 0 atom stereocenters. The van der Waals surface area contributed by atoms with E-state index in [-0.39, 0.29) is 5.91 Å². The van der Waals surface area contributed by atoms with Crippen LogP contribution in [0.5, 0.6) is 0 Å². The average molecular weight is 291 g/mol. The van der Waals surface area contributed by atoms with Crippen LogP contribution >= 0.6 is 0 Å². The summed E-state index contributed by atoms with van der Waals surface area (Å²) in [7, 11) is 3.94. The molecule has 0 fully saturated rings. The number of aryl methyl sites for hydroxylation is 2. The molecule has 2 rings (SSSR count). The first-order valence-corrected chi connectivity index (χ1v) is 6.88. The summed E-state index contributed by atoms with van der Waals surface area (Å²) in [5.41, 5.74) is 0.617. The van der Waals surface area contributed by atoms with Gasteiger partial charge in [0.25, 0.3) is 5.91 Å². The van der Waals surface area contributed by atoms with E-state index in [4.69, 9.17) is 8.83 Å². The number of likely N-dealkylation sites (N-methyl/N-ethyl adjacent to an activating group) is 1. The van der Waals surface area contributed by atoms with Crippen LogP contribution in [0.2, 0.25) is 0 Å². The van der Waals surface area contributed by atoms with Gasteiger partial charge in [-0.05, 0) is 33.2 Å². The smallest absolute Gasteiger partial charge is 0.292 e. The first-order chi connectivity index (χ1) is 9.97. The molecule has 21 heavy (non-hydrogen) atoms. The van der Waals surface area contributed by atoms with Crippen LogP contribution in [-0.2, 0) is 6.54 Å². The zero-order valence-corrected chi connectivity index (χ0v) is 12.9. The Balaban J connectivity index is 2.17. The summed E-state index contributed by atoms with van der Waals surface area (Å²) < 4.78 is 10.8. The minimum absolute atomic E-state index is 0.161. The van der Waals surface area contributed by atoms with Crippen molar-refractivity contribution < 1.29 is 13.6 Å². The Morgan fingerprint density at radius 1 is 1.29 bits per heavy atom. The summed E-state index contributed by atoms with van der Waals surface area (Å²) in [6, 6.07) is 3.67. The summed E-state index contributed by atoms with van der Waals surface area (Å²) in [6.07, 6.45) is 1.60. The molecular formula is C15H21N3O3. The number of amides is 1. The molecule has 2 heterocycles. The summed E-state index contributed by atoms with van der Waals surface area (Å²) in [4.78, 5) is 20.6. The number of furan rings is 1. The van der Waals surface area contributed by atoms with Crippen LogP contribution in [0.4, 0.5) is 0 Å². The standard InChI is InChI=1S/C15H21N3O3/c1-11-14(21-12(2)16-11)15(19)18(8-7-17(3)4)10-13-6-5-9-20-13/h5-6,9H,7-8,10H2,1-4H3. The first-order valence-electron chi connectivity index (χ1n) is 6.88. The highest BCUT2D eigenvalue weighted by Crippen LogP contribution is 2.15. The maximum atomic E-state index is 12.6. The monoisotopic (exact) mass is 291 g/mol. The molecule has 0 N–H and O–H groups in total. The van der Waals surface area contributed by atoms with E-state index in [1.54, 1.807) is 25.0 Å². The van der Waals surface area contributed by atoms with Gasteiger partial charge in [0.15, 0.2) is 5.89 Å². The topological polar surface area (TPSA) is 62.7 Å². The minimum atomic E-state index is -0.161. The Hall–Kier alpha value is -2.08. The number of carbonyl (C=O) groups is 1. The van der Waals surface area contributed by atoms with Gasteiger partial charge in [-0.2, -0.15) is 0 Å². The quantitative estimate of drug-likeness (QED) is 0.815. The van der Waals surface area contributed by atoms with E-state index in [2.05, 4.69) is 4.98 Å². The third-order valence-electron chi connectivity index (χ3n) is 3.13. The van der Waals surface area contributed by atoms with E-state index >= 15 is 0 Å². The predicted octanol–water partition coefficient (Wildman–Crippen LogP) is 2.09. The van der Waals surface area contributed by atoms with Crippen molar-refractivity contribution in [2.45, 2.75) is 20.4 Å². The van der Waals surface area contributed by atoms with Gasteiger partial charge in [0.2, 0.25) is 5.76 Å². The molecule has 0 saturated carbocycles. The molecule has 0 aliphatic rings. The normalized spacial score (nSPS) is 11.1. The third kappa shape index (κ3) is 3.95. The molecule has 114 valence electrons. The molecule has 0 radical (unpaired) electrons. The second-order valence-electron chi connectivity index (χ2n) is 5.26. The van der Waals surface area contributed by atoms with E-state index in [0.717, 1.165) is 12.3 Å². The van der Waals surface area contributed by atoms with Gasteiger partial charge in [-0.25, -0.2) is 4.98 Å². The van der Waals surface area contributed by atoms with Gasteiger partial charge < -0.3 is 18.6 Å². The molecule has 0 aliphatic carbocycles. The van der Waals surface area contributed by atoms with Crippen molar-refractivity contribution in [2.24, 2.45) is 0 Å². The zero-order chi connectivity index (χ0) is 15.4. The van der Waals surface area contributed by atoms with Gasteiger partial charge in [-0.1, -0.05) is 0 Å². The molecule has 6 nitrogen and oxygen atoms in total. The maximum absolute atomic E-state index is 12.6. The summed E-state index contributed by atoms with van der Waals surface area (Å²) >= 11 is 0. The van der Waals surface area contributed by atoms with Crippen LogP contribution in [0.25, 0.3) is 0 Å². The Kier molecular flexibility index (Phi) is 4.80. The number of hydrogen-bond donors (Lipinski definition) is 0. The highest BCUT2D eigenvalue weighted by molar-refractivity contribution is 5.92. The van der Waals surface area contributed by atoms with Crippen molar-refractivity contribution >= 4 is 5.91 Å². The largest absolute Gasteiger partial charge is 0.467 e. The maximum Gasteiger partial charge on any atom is 0.292 e. The van der Waals surface area contributed by atoms with Gasteiger partial charge in [0.05, 0.1) is 18.5 Å². The van der Waals surface area contributed by atoms with Gasteiger partial charge in [0, 0.05) is 20.0 Å². The van der Waals surface area contributed by atoms with Crippen molar-refractivity contribution in [3.8, 4) is 0 Å². The lowest BCUT2D eigenvalue weighted by atomic mass is 10.3. The fraction of sp³-hybridized carbons (Fsp3) is 0.467. The number of carbonyl (C=O) groups excluding carboxylic acids is 1. The Labute approximate surface area is 124 Å². The van der Waals surface area contributed by atoms with Crippen LogP contribution in [0.15, 0.2) is 27.2 Å². The van der Waals surface area contributed by atoms with Gasteiger partial charge in [-0.15, -0.1) is 0 Å². The van der Waals surface area contributed by atoms with E-state index in [0.29, 0.717) is 30.4 Å². The van der Waals surface area contributed by atoms with Crippen molar-refractivity contribution in [1.82, 2.24) is 14.8 Å². The Bertz CT molecular complexity index is 587. The number of rotatable bonds is 6. The fourth-order valence-corrected chi connectivity index (χ4v) is 2.04. The molecule has 2 aromatic heterocycles. The molecular weight excluding hydrogens is 270 g/mol. The summed E-state index contributed by atoms with van der Waals surface area (Å²) in [5.74, 6) is 1.39. The number of nitrogens with zero attached hydrogens (tertiary/aromatic N) is 3. The fourth-order valence-electron chi connectivity index (χ4n) is 2.04. The number of oxazole rings is 1. The van der Waals surface area contributed by atoms with Gasteiger partial charge >= 0.3 is 0 Å². The first kappa shape index (κ1) is 15.3. The predicted molar refractivity (Wildman–Crippen MR) is 78.0 cm³/mol. The van der Waals surface area contributed by atoms with Crippen LogP contribution in [0.3, 0.4) is 0 Å². The highest BCUT2D eigenvalue weighted by Gasteiger charge is 2.23. The van der Waals surface area contributed by atoms with Crippen LogP contribution in [-0.4, -0.2) is 47.9 Å². The Morgan fingerprint density at radius 3 is 2.57 bits per heavy atom. The number of hydrogen-bond acceptors (Lipinski definition) is 5. The van der Waals surface area contributed by atoms with Crippen LogP contribution in [0, 0.1) is 13.8 Å². The molecule has 2 aromatic rings. The SMILES string of the molecule is Cc1nc(C)c(C(=O)N(CCN(C)C)Cc2ccco2)o1. The van der Waals surface area contributed by atoms with E-state index in [9.17, 15) is 4.79 Å². The van der Waals surface area contributed by atoms with Gasteiger partial charge in [-0.3, -0.25) is 4.79 Å². The molecule has 0 spiro atoms. The summed E-state index contributed by atoms with van der Waals surface area (Å²) in [5, 5.41) is 0. The second kappa shape index (κ2) is 6.58. The van der Waals surface area contributed by atoms with Crippen molar-refractivity contribution in [3.63, 3.8) is 0 Å². The lowest BCUT2D eigenvalue weighted by Crippen LogP contribution is -2.36. The molecule has 6 heteroatoms. The van der Waals surface area contributed by atoms with Crippen molar-refractivity contribution in [3.05, 3.63) is 41.5 Å². The van der Waals surface area contributed by atoms with E-state index in [1.807, 2.05) is 31.1 Å². The zero-order valence-electron chi connectivity index (χ0n) is 12.9. The van der Waals surface area contributed by atoms with E-state index in [1.165, 1.54) is 0 Å².